The summed E-state index contributed by atoms with van der Waals surface area (Å²) in [6.45, 7) is 0. The van der Waals surface area contributed by atoms with Crippen molar-refractivity contribution in [2.24, 2.45) is 0 Å². The molecule has 0 spiro atoms. The fourth-order valence-electron chi connectivity index (χ4n) is 0.982. The molecule has 0 saturated heterocycles. The van der Waals surface area contributed by atoms with E-state index in [2.05, 4.69) is 15.9 Å². The molecule has 1 saturated carbocycles. The first-order chi connectivity index (χ1) is 4.41. The molecule has 10 heavy (non-hydrogen) atoms. The Labute approximate surface area is 65.9 Å². The van der Waals surface area contributed by atoms with Gasteiger partial charge in [-0.05, 0) is 28.8 Å². The van der Waals surface area contributed by atoms with E-state index in [1.807, 2.05) is 0 Å². The molecule has 0 unspecified atom stereocenters. The summed E-state index contributed by atoms with van der Waals surface area (Å²) in [5.74, 6) is -2.64. The van der Waals surface area contributed by atoms with Gasteiger partial charge in [0, 0.05) is 12.8 Å². The zero-order chi connectivity index (χ0) is 7.83. The molecule has 0 aliphatic heterocycles. The summed E-state index contributed by atoms with van der Waals surface area (Å²) in [7, 11) is 0. The van der Waals surface area contributed by atoms with Gasteiger partial charge in [-0.15, -0.1) is 0 Å². The van der Waals surface area contributed by atoms with E-state index in [1.165, 1.54) is 0 Å². The molecule has 1 rings (SSSR count). The summed E-state index contributed by atoms with van der Waals surface area (Å²) < 4.78 is 36.0. The minimum Gasteiger partial charge on any atom is -0.231 e. The molecule has 60 valence electrons. The molecular formula is C6H8BrF3. The van der Waals surface area contributed by atoms with Gasteiger partial charge in [-0.2, -0.15) is 0 Å². The monoisotopic (exact) mass is 216 g/mol. The highest BCUT2D eigenvalue weighted by Crippen LogP contribution is 2.43. The minimum absolute atomic E-state index is 0.0833. The summed E-state index contributed by atoms with van der Waals surface area (Å²) in [6.07, 6.45) is -0.844. The van der Waals surface area contributed by atoms with Crippen LogP contribution >= 0.6 is 15.9 Å². The molecule has 0 atom stereocenters. The molecule has 0 heterocycles. The zero-order valence-corrected chi connectivity index (χ0v) is 6.93. The van der Waals surface area contributed by atoms with Crippen LogP contribution in [-0.2, 0) is 0 Å². The number of halogens is 4. The highest BCUT2D eigenvalue weighted by Gasteiger charge is 2.41. The second-order valence-electron chi connectivity index (χ2n) is 2.71. The molecule has 0 amide bonds. The highest BCUT2D eigenvalue weighted by molar-refractivity contribution is 9.10. The molecule has 0 aromatic rings. The summed E-state index contributed by atoms with van der Waals surface area (Å²) >= 11 is 2.74. The zero-order valence-electron chi connectivity index (χ0n) is 5.34. The maximum atomic E-state index is 12.8. The molecular weight excluding hydrogens is 209 g/mol. The third-order valence-electron chi connectivity index (χ3n) is 1.71. The Bertz CT molecular complexity index is 105. The average molecular weight is 217 g/mol. The number of alkyl halides is 4. The number of rotatable bonds is 0. The van der Waals surface area contributed by atoms with Crippen molar-refractivity contribution in [1.29, 1.82) is 0 Å². The minimum atomic E-state index is -2.64. The van der Waals surface area contributed by atoms with Gasteiger partial charge in [0.15, 0.2) is 4.58 Å². The largest absolute Gasteiger partial charge is 0.248 e. The molecule has 0 N–H and O–H groups in total. The van der Waals surface area contributed by atoms with E-state index in [9.17, 15) is 13.2 Å². The third-order valence-corrected chi connectivity index (χ3v) is 2.51. The Morgan fingerprint density at radius 2 is 1.30 bits per heavy atom. The van der Waals surface area contributed by atoms with Gasteiger partial charge in [0.05, 0.1) is 0 Å². The van der Waals surface area contributed by atoms with Crippen LogP contribution in [0.1, 0.15) is 25.7 Å². The van der Waals surface area contributed by atoms with Gasteiger partial charge < -0.3 is 0 Å². The molecule has 1 aliphatic carbocycles. The van der Waals surface area contributed by atoms with Crippen LogP contribution in [-0.4, -0.2) is 10.5 Å². The van der Waals surface area contributed by atoms with E-state index in [0.29, 0.717) is 0 Å². The second kappa shape index (κ2) is 2.40. The normalized spacial score (nSPS) is 30.0. The van der Waals surface area contributed by atoms with Crippen LogP contribution in [0.3, 0.4) is 0 Å². The fourth-order valence-corrected chi connectivity index (χ4v) is 1.38. The third kappa shape index (κ3) is 2.15. The van der Waals surface area contributed by atoms with E-state index >= 15 is 0 Å². The van der Waals surface area contributed by atoms with Crippen molar-refractivity contribution in [3.8, 4) is 0 Å². The quantitative estimate of drug-likeness (QED) is 0.546. The lowest BCUT2D eigenvalue weighted by atomic mass is 9.95. The van der Waals surface area contributed by atoms with Gasteiger partial charge in [0.2, 0.25) is 5.92 Å². The number of hydrogen-bond acceptors (Lipinski definition) is 0. The van der Waals surface area contributed by atoms with E-state index in [1.54, 1.807) is 0 Å². The Morgan fingerprint density at radius 1 is 0.900 bits per heavy atom. The van der Waals surface area contributed by atoms with Gasteiger partial charge in [0.1, 0.15) is 0 Å². The highest BCUT2D eigenvalue weighted by atomic mass is 79.9. The lowest BCUT2D eigenvalue weighted by Gasteiger charge is -2.29. The first kappa shape index (κ1) is 8.37. The fraction of sp³-hybridized carbons (Fsp3) is 1.00. The second-order valence-corrected chi connectivity index (χ2v) is 4.13. The Hall–Kier alpha value is 0.270. The van der Waals surface area contributed by atoms with E-state index in [4.69, 9.17) is 0 Å². The lowest BCUT2D eigenvalue weighted by molar-refractivity contribution is -0.0544. The predicted molar refractivity (Wildman–Crippen MR) is 36.2 cm³/mol. The molecule has 1 aliphatic rings. The van der Waals surface area contributed by atoms with E-state index in [0.717, 1.165) is 0 Å². The molecule has 0 bridgehead atoms. The Kier molecular flexibility index (Phi) is 2.00. The Morgan fingerprint density at radius 3 is 1.60 bits per heavy atom. The SMILES string of the molecule is FC1(F)CCC(F)(Br)CC1. The van der Waals surface area contributed by atoms with Crippen LogP contribution in [0.25, 0.3) is 0 Å². The summed E-state index contributed by atoms with van der Waals surface area (Å²) in [4.78, 5) is 0. The molecule has 1 fully saturated rings. The van der Waals surface area contributed by atoms with Crippen molar-refractivity contribution >= 4 is 15.9 Å². The summed E-state index contributed by atoms with van der Waals surface area (Å²) in [5.41, 5.74) is 0. The van der Waals surface area contributed by atoms with Crippen molar-refractivity contribution in [3.63, 3.8) is 0 Å². The lowest BCUT2D eigenvalue weighted by Crippen LogP contribution is -2.30. The molecule has 0 aromatic carbocycles. The Balaban J connectivity index is 2.46. The molecule has 0 nitrogen and oxygen atoms in total. The average Bonchev–Trinajstić information content (AvgIpc) is 1.79. The summed E-state index contributed by atoms with van der Waals surface area (Å²) in [6, 6.07) is 0. The van der Waals surface area contributed by atoms with Crippen molar-refractivity contribution in [3.05, 3.63) is 0 Å². The maximum Gasteiger partial charge on any atom is 0.248 e. The molecule has 4 heteroatoms. The summed E-state index contributed by atoms with van der Waals surface area (Å²) in [5, 5.41) is 0. The standard InChI is InChI=1S/C6H8BrF3/c7-5(8)1-3-6(9,10)4-2-5/h1-4H2. The van der Waals surface area contributed by atoms with Crippen LogP contribution in [0.15, 0.2) is 0 Å². The van der Waals surface area contributed by atoms with Crippen molar-refractivity contribution in [1.82, 2.24) is 0 Å². The van der Waals surface area contributed by atoms with E-state index < -0.39 is 10.5 Å². The smallest absolute Gasteiger partial charge is 0.231 e. The van der Waals surface area contributed by atoms with Crippen LogP contribution < -0.4 is 0 Å². The molecule has 0 radical (unpaired) electrons. The van der Waals surface area contributed by atoms with Crippen molar-refractivity contribution in [2.75, 3.05) is 0 Å². The van der Waals surface area contributed by atoms with Gasteiger partial charge in [-0.3, -0.25) is 0 Å². The predicted octanol–water partition coefficient (Wildman–Crippen LogP) is 3.26. The van der Waals surface area contributed by atoms with Gasteiger partial charge in [-0.25, -0.2) is 13.2 Å². The first-order valence-corrected chi connectivity index (χ1v) is 3.96. The van der Waals surface area contributed by atoms with Crippen LogP contribution in [0.2, 0.25) is 0 Å². The van der Waals surface area contributed by atoms with Crippen molar-refractivity contribution in [2.45, 2.75) is 36.2 Å². The topological polar surface area (TPSA) is 0 Å². The van der Waals surface area contributed by atoms with Crippen LogP contribution in [0.5, 0.6) is 0 Å². The van der Waals surface area contributed by atoms with Crippen LogP contribution in [0.4, 0.5) is 13.2 Å². The number of hydrogen-bond donors (Lipinski definition) is 0. The van der Waals surface area contributed by atoms with E-state index in [-0.39, 0.29) is 25.7 Å². The molecule has 0 aromatic heterocycles. The maximum absolute atomic E-state index is 12.8. The van der Waals surface area contributed by atoms with Gasteiger partial charge in [-0.1, -0.05) is 0 Å². The van der Waals surface area contributed by atoms with Crippen molar-refractivity contribution < 1.29 is 13.2 Å². The van der Waals surface area contributed by atoms with Gasteiger partial charge >= 0.3 is 0 Å². The van der Waals surface area contributed by atoms with Crippen LogP contribution in [0, 0.1) is 0 Å². The first-order valence-electron chi connectivity index (χ1n) is 3.17. The van der Waals surface area contributed by atoms with Gasteiger partial charge in [0.25, 0.3) is 0 Å².